The molecule has 3 heterocycles. The first-order valence-electron chi connectivity index (χ1n) is 11.3. The molecule has 0 bridgehead atoms. The van der Waals surface area contributed by atoms with E-state index in [9.17, 15) is 9.59 Å². The summed E-state index contributed by atoms with van der Waals surface area (Å²) in [4.78, 5) is 35.4. The highest BCUT2D eigenvalue weighted by Crippen LogP contribution is 2.23. The lowest BCUT2D eigenvalue weighted by molar-refractivity contribution is -0.130. The predicted octanol–water partition coefficient (Wildman–Crippen LogP) is 4.23. The van der Waals surface area contributed by atoms with Gasteiger partial charge < -0.3 is 4.90 Å². The molecule has 1 amide bonds. The average Bonchev–Trinajstić information content (AvgIpc) is 3.34. The van der Waals surface area contributed by atoms with Crippen LogP contribution in [0.5, 0.6) is 0 Å². The van der Waals surface area contributed by atoms with Gasteiger partial charge >= 0.3 is 0 Å². The summed E-state index contributed by atoms with van der Waals surface area (Å²) in [7, 11) is 0. The number of piperazine rings is 1. The zero-order valence-electron chi connectivity index (χ0n) is 18.9. The lowest BCUT2D eigenvalue weighted by atomic mass is 10.0. The number of fused-ring (bicyclic) bond motifs is 2. The Balaban J connectivity index is 1.20. The molecular weight excluding hydrogens is 464 g/mol. The highest BCUT2D eigenvalue weighted by Gasteiger charge is 2.22. The number of carbonyl (C=O) groups excluding carboxylic acids is 1. The second-order valence-corrected chi connectivity index (χ2v) is 10.2. The van der Waals surface area contributed by atoms with Crippen LogP contribution in [0, 0.1) is 0 Å². The zero-order valence-corrected chi connectivity index (χ0v) is 20.5. The van der Waals surface area contributed by atoms with E-state index in [2.05, 4.69) is 58.9 Å². The van der Waals surface area contributed by atoms with Crippen LogP contribution in [-0.4, -0.2) is 57.2 Å². The number of aromatic nitrogens is 2. The van der Waals surface area contributed by atoms with Gasteiger partial charge in [-0.3, -0.25) is 19.1 Å². The normalized spacial score (nSPS) is 14.6. The van der Waals surface area contributed by atoms with Crippen molar-refractivity contribution >= 4 is 50.0 Å². The van der Waals surface area contributed by atoms with Crippen LogP contribution in [0.2, 0.25) is 0 Å². The zero-order chi connectivity index (χ0) is 23.5. The summed E-state index contributed by atoms with van der Waals surface area (Å²) in [6, 6.07) is 16.7. The SMILES string of the molecule is C=CCn1c(SCC(=O)N2CCN(Cc3cccc4ccccc34)CC2)nc2sccc2c1=O. The number of allylic oxidation sites excluding steroid dienone is 1. The minimum Gasteiger partial charge on any atom is -0.339 e. The van der Waals surface area contributed by atoms with Crippen LogP contribution in [0.15, 0.2) is 76.5 Å². The molecule has 1 saturated heterocycles. The van der Waals surface area contributed by atoms with Crippen molar-refractivity contribution in [2.24, 2.45) is 0 Å². The number of hydrogen-bond donors (Lipinski definition) is 0. The quantitative estimate of drug-likeness (QED) is 0.220. The van der Waals surface area contributed by atoms with Gasteiger partial charge in [0, 0.05) is 39.3 Å². The van der Waals surface area contributed by atoms with E-state index < -0.39 is 0 Å². The Labute approximate surface area is 206 Å². The van der Waals surface area contributed by atoms with Crippen LogP contribution in [0.4, 0.5) is 0 Å². The second-order valence-electron chi connectivity index (χ2n) is 8.32. The average molecular weight is 491 g/mol. The standard InChI is InChI=1S/C26H26N4O2S2/c1-2-11-30-25(32)22-10-16-33-24(22)27-26(30)34-18-23(31)29-14-12-28(13-15-29)17-20-8-5-7-19-6-3-4-9-21(19)20/h2-10,16H,1,11-15,17-18H2. The van der Waals surface area contributed by atoms with E-state index in [-0.39, 0.29) is 17.2 Å². The Morgan fingerprint density at radius 3 is 2.68 bits per heavy atom. The minimum absolute atomic E-state index is 0.0804. The summed E-state index contributed by atoms with van der Waals surface area (Å²) < 4.78 is 1.60. The Kier molecular flexibility index (Phi) is 6.80. The van der Waals surface area contributed by atoms with Crippen molar-refractivity contribution in [2.75, 3.05) is 31.9 Å². The topological polar surface area (TPSA) is 58.4 Å². The molecule has 0 N–H and O–H groups in total. The number of thioether (sulfide) groups is 1. The maximum Gasteiger partial charge on any atom is 0.263 e. The molecule has 6 nitrogen and oxygen atoms in total. The van der Waals surface area contributed by atoms with E-state index in [1.807, 2.05) is 10.3 Å². The first-order valence-corrected chi connectivity index (χ1v) is 13.2. The van der Waals surface area contributed by atoms with E-state index in [1.54, 1.807) is 16.7 Å². The number of benzene rings is 2. The van der Waals surface area contributed by atoms with Crippen LogP contribution >= 0.6 is 23.1 Å². The molecule has 0 saturated carbocycles. The summed E-state index contributed by atoms with van der Waals surface area (Å²) in [6.07, 6.45) is 1.68. The molecular formula is C26H26N4O2S2. The Morgan fingerprint density at radius 2 is 1.85 bits per heavy atom. The van der Waals surface area contributed by atoms with Crippen LogP contribution in [0.1, 0.15) is 5.56 Å². The summed E-state index contributed by atoms with van der Waals surface area (Å²) in [5.74, 6) is 0.351. The molecule has 0 unspecified atom stereocenters. The number of hydrogen-bond acceptors (Lipinski definition) is 6. The van der Waals surface area contributed by atoms with Crippen molar-refractivity contribution in [1.82, 2.24) is 19.4 Å². The Hall–Kier alpha value is -2.94. The number of nitrogens with zero attached hydrogens (tertiary/aromatic N) is 4. The molecule has 0 radical (unpaired) electrons. The number of carbonyl (C=O) groups is 1. The van der Waals surface area contributed by atoms with Gasteiger partial charge in [-0.2, -0.15) is 0 Å². The van der Waals surface area contributed by atoms with E-state index in [1.165, 1.54) is 39.4 Å². The Morgan fingerprint density at radius 1 is 1.06 bits per heavy atom. The molecule has 4 aromatic rings. The van der Waals surface area contributed by atoms with E-state index in [4.69, 9.17) is 0 Å². The summed E-state index contributed by atoms with van der Waals surface area (Å²) in [5, 5.41) is 5.61. The molecule has 0 spiro atoms. The van der Waals surface area contributed by atoms with Crippen molar-refractivity contribution in [3.63, 3.8) is 0 Å². The molecule has 34 heavy (non-hydrogen) atoms. The maximum absolute atomic E-state index is 12.9. The number of rotatable bonds is 7. The van der Waals surface area contributed by atoms with Crippen molar-refractivity contribution in [3.05, 3.63) is 82.5 Å². The van der Waals surface area contributed by atoms with Gasteiger partial charge in [-0.15, -0.1) is 17.9 Å². The molecule has 5 rings (SSSR count). The first-order chi connectivity index (χ1) is 16.6. The summed E-state index contributed by atoms with van der Waals surface area (Å²) in [5.41, 5.74) is 1.24. The second kappa shape index (κ2) is 10.1. The number of amides is 1. The molecule has 1 aliphatic rings. The monoisotopic (exact) mass is 490 g/mol. The Bertz CT molecular complexity index is 1400. The molecule has 2 aromatic heterocycles. The van der Waals surface area contributed by atoms with E-state index in [0.717, 1.165) is 19.6 Å². The maximum atomic E-state index is 12.9. The summed E-state index contributed by atoms with van der Waals surface area (Å²) >= 11 is 2.77. The van der Waals surface area contributed by atoms with Crippen molar-refractivity contribution < 1.29 is 4.79 Å². The third-order valence-corrected chi connectivity index (χ3v) is 7.95. The number of thiophene rings is 1. The van der Waals surface area contributed by atoms with Gasteiger partial charge in [-0.05, 0) is 27.8 Å². The van der Waals surface area contributed by atoms with Crippen molar-refractivity contribution in [1.29, 1.82) is 0 Å². The molecule has 8 heteroatoms. The van der Waals surface area contributed by atoms with Crippen LogP contribution < -0.4 is 5.56 Å². The molecule has 0 aliphatic carbocycles. The first kappa shape index (κ1) is 22.8. The van der Waals surface area contributed by atoms with E-state index >= 15 is 0 Å². The molecule has 2 aromatic carbocycles. The van der Waals surface area contributed by atoms with Crippen LogP contribution in [0.25, 0.3) is 21.0 Å². The summed E-state index contributed by atoms with van der Waals surface area (Å²) in [6.45, 7) is 8.13. The highest BCUT2D eigenvalue weighted by atomic mass is 32.2. The predicted molar refractivity (Wildman–Crippen MR) is 141 cm³/mol. The fourth-order valence-electron chi connectivity index (χ4n) is 4.37. The van der Waals surface area contributed by atoms with Crippen LogP contribution in [-0.2, 0) is 17.9 Å². The third-order valence-electron chi connectivity index (χ3n) is 6.18. The van der Waals surface area contributed by atoms with Gasteiger partial charge in [-0.25, -0.2) is 4.98 Å². The highest BCUT2D eigenvalue weighted by molar-refractivity contribution is 7.99. The van der Waals surface area contributed by atoms with Gasteiger partial charge in [-0.1, -0.05) is 60.3 Å². The van der Waals surface area contributed by atoms with Crippen LogP contribution in [0.3, 0.4) is 0 Å². The van der Waals surface area contributed by atoms with Gasteiger partial charge in [0.2, 0.25) is 5.91 Å². The smallest absolute Gasteiger partial charge is 0.263 e. The lowest BCUT2D eigenvalue weighted by Crippen LogP contribution is -2.48. The fourth-order valence-corrected chi connectivity index (χ4v) is 6.09. The minimum atomic E-state index is -0.0804. The van der Waals surface area contributed by atoms with E-state index in [0.29, 0.717) is 35.0 Å². The van der Waals surface area contributed by atoms with Gasteiger partial charge in [0.05, 0.1) is 11.1 Å². The van der Waals surface area contributed by atoms with Gasteiger partial charge in [0.15, 0.2) is 5.16 Å². The van der Waals surface area contributed by atoms with Crippen molar-refractivity contribution in [3.8, 4) is 0 Å². The van der Waals surface area contributed by atoms with Crippen molar-refractivity contribution in [2.45, 2.75) is 18.2 Å². The molecule has 0 atom stereocenters. The molecule has 1 fully saturated rings. The molecule has 174 valence electrons. The van der Waals surface area contributed by atoms with Gasteiger partial charge in [0.25, 0.3) is 5.56 Å². The third kappa shape index (κ3) is 4.66. The molecule has 1 aliphatic heterocycles. The largest absolute Gasteiger partial charge is 0.339 e. The lowest BCUT2D eigenvalue weighted by Gasteiger charge is -2.35. The fraction of sp³-hybridized carbons (Fsp3) is 0.269. The van der Waals surface area contributed by atoms with Gasteiger partial charge in [0.1, 0.15) is 4.83 Å².